The van der Waals surface area contributed by atoms with Crippen LogP contribution >= 0.6 is 12.4 Å². The first kappa shape index (κ1) is 16.8. The summed E-state index contributed by atoms with van der Waals surface area (Å²) in [5, 5.41) is 6.29. The van der Waals surface area contributed by atoms with Crippen LogP contribution in [-0.2, 0) is 6.54 Å². The molecular formula is C15H24ClN3O. The van der Waals surface area contributed by atoms with Gasteiger partial charge in [-0.25, -0.2) is 0 Å². The number of amides is 1. The van der Waals surface area contributed by atoms with E-state index in [0.29, 0.717) is 6.54 Å². The number of carbonyl (C=O) groups is 1. The molecule has 1 amide bonds. The Hall–Kier alpha value is -1.26. The van der Waals surface area contributed by atoms with E-state index >= 15 is 0 Å². The van der Waals surface area contributed by atoms with Gasteiger partial charge in [-0.2, -0.15) is 0 Å². The number of nitrogens with one attached hydrogen (secondary N) is 2. The summed E-state index contributed by atoms with van der Waals surface area (Å²) in [4.78, 5) is 12.2. The zero-order valence-corrected chi connectivity index (χ0v) is 13.3. The second kappa shape index (κ2) is 7.50. The van der Waals surface area contributed by atoms with Crippen molar-refractivity contribution in [3.8, 4) is 0 Å². The van der Waals surface area contributed by atoms with Crippen molar-refractivity contribution < 1.29 is 4.79 Å². The van der Waals surface area contributed by atoms with Crippen molar-refractivity contribution in [2.24, 2.45) is 0 Å². The SMILES string of the molecule is CCn1c(C)cc(C(=O)NCC2=CCNCC2)c1C.Cl. The molecule has 1 aromatic rings. The van der Waals surface area contributed by atoms with Crippen LogP contribution in [0.2, 0.25) is 0 Å². The maximum absolute atomic E-state index is 12.2. The van der Waals surface area contributed by atoms with Gasteiger partial charge in [0.2, 0.25) is 0 Å². The van der Waals surface area contributed by atoms with E-state index in [1.807, 2.05) is 19.9 Å². The van der Waals surface area contributed by atoms with Crippen LogP contribution in [0.15, 0.2) is 17.7 Å². The lowest BCUT2D eigenvalue weighted by atomic mass is 10.1. The third-order valence-corrected chi connectivity index (χ3v) is 3.77. The highest BCUT2D eigenvalue weighted by Gasteiger charge is 2.15. The molecule has 2 N–H and O–H groups in total. The number of halogens is 1. The van der Waals surface area contributed by atoms with Gasteiger partial charge in [0.25, 0.3) is 5.91 Å². The van der Waals surface area contributed by atoms with Crippen LogP contribution in [0, 0.1) is 13.8 Å². The van der Waals surface area contributed by atoms with E-state index in [1.165, 1.54) is 5.57 Å². The van der Waals surface area contributed by atoms with Crippen molar-refractivity contribution in [1.29, 1.82) is 0 Å². The summed E-state index contributed by atoms with van der Waals surface area (Å²) < 4.78 is 2.17. The molecule has 0 atom stereocenters. The summed E-state index contributed by atoms with van der Waals surface area (Å²) in [5.74, 6) is 0.0345. The molecule has 4 nitrogen and oxygen atoms in total. The second-order valence-corrected chi connectivity index (χ2v) is 5.03. The van der Waals surface area contributed by atoms with Crippen LogP contribution in [-0.4, -0.2) is 30.1 Å². The van der Waals surface area contributed by atoms with Gasteiger partial charge >= 0.3 is 0 Å². The van der Waals surface area contributed by atoms with E-state index < -0.39 is 0 Å². The van der Waals surface area contributed by atoms with Crippen molar-refractivity contribution in [1.82, 2.24) is 15.2 Å². The number of carbonyl (C=O) groups excluding carboxylic acids is 1. The zero-order chi connectivity index (χ0) is 13.8. The lowest BCUT2D eigenvalue weighted by Gasteiger charge is -2.14. The Morgan fingerprint density at radius 1 is 1.45 bits per heavy atom. The largest absolute Gasteiger partial charge is 0.349 e. The fourth-order valence-corrected chi connectivity index (χ4v) is 2.64. The number of nitrogens with zero attached hydrogens (tertiary/aromatic N) is 1. The summed E-state index contributed by atoms with van der Waals surface area (Å²) in [6.45, 7) is 9.64. The van der Waals surface area contributed by atoms with Crippen LogP contribution in [0.1, 0.15) is 35.1 Å². The standard InChI is InChI=1S/C15H23N3O.ClH/c1-4-18-11(2)9-14(12(18)3)15(19)17-10-13-5-7-16-8-6-13;/h5,9,16H,4,6-8,10H2,1-3H3,(H,17,19);1H. The molecule has 5 heteroatoms. The maximum atomic E-state index is 12.2. The van der Waals surface area contributed by atoms with Crippen molar-refractivity contribution in [3.63, 3.8) is 0 Å². The molecule has 0 unspecified atom stereocenters. The molecule has 0 spiro atoms. The van der Waals surface area contributed by atoms with Crippen molar-refractivity contribution in [2.75, 3.05) is 19.6 Å². The molecule has 1 aliphatic rings. The molecular weight excluding hydrogens is 274 g/mol. The topological polar surface area (TPSA) is 46.1 Å². The predicted molar refractivity (Wildman–Crippen MR) is 84.7 cm³/mol. The van der Waals surface area contributed by atoms with E-state index in [1.54, 1.807) is 0 Å². The van der Waals surface area contributed by atoms with Gasteiger partial charge in [0.05, 0.1) is 5.56 Å². The predicted octanol–water partition coefficient (Wildman–Crippen LogP) is 2.20. The molecule has 0 saturated heterocycles. The Morgan fingerprint density at radius 2 is 2.20 bits per heavy atom. The third kappa shape index (κ3) is 3.64. The van der Waals surface area contributed by atoms with E-state index in [0.717, 1.165) is 43.0 Å². The van der Waals surface area contributed by atoms with E-state index in [4.69, 9.17) is 0 Å². The Kier molecular flexibility index (Phi) is 6.30. The van der Waals surface area contributed by atoms with Gasteiger partial charge in [0, 0.05) is 31.0 Å². The smallest absolute Gasteiger partial charge is 0.253 e. The molecule has 1 aromatic heterocycles. The molecule has 0 fully saturated rings. The highest BCUT2D eigenvalue weighted by Crippen LogP contribution is 2.15. The molecule has 1 aliphatic heterocycles. The minimum absolute atomic E-state index is 0. The number of hydrogen-bond acceptors (Lipinski definition) is 2. The van der Waals surface area contributed by atoms with Gasteiger partial charge < -0.3 is 15.2 Å². The fourth-order valence-electron chi connectivity index (χ4n) is 2.64. The first-order chi connectivity index (χ1) is 9.13. The Labute approximate surface area is 127 Å². The molecule has 20 heavy (non-hydrogen) atoms. The molecule has 0 aliphatic carbocycles. The average molecular weight is 298 g/mol. The molecule has 2 heterocycles. The van der Waals surface area contributed by atoms with Crippen LogP contribution in [0.25, 0.3) is 0 Å². The first-order valence-electron chi connectivity index (χ1n) is 6.97. The molecule has 112 valence electrons. The minimum Gasteiger partial charge on any atom is -0.349 e. The normalized spacial score (nSPS) is 14.4. The number of hydrogen-bond donors (Lipinski definition) is 2. The van der Waals surface area contributed by atoms with Gasteiger partial charge in [-0.15, -0.1) is 12.4 Å². The van der Waals surface area contributed by atoms with Gasteiger partial charge in [0.1, 0.15) is 0 Å². The van der Waals surface area contributed by atoms with Gasteiger partial charge in [-0.3, -0.25) is 4.79 Å². The Bertz CT molecular complexity index is 505. The monoisotopic (exact) mass is 297 g/mol. The highest BCUT2D eigenvalue weighted by molar-refractivity contribution is 5.95. The van der Waals surface area contributed by atoms with Crippen LogP contribution in [0.3, 0.4) is 0 Å². The lowest BCUT2D eigenvalue weighted by Crippen LogP contribution is -2.29. The molecule has 0 saturated carbocycles. The summed E-state index contributed by atoms with van der Waals surface area (Å²) >= 11 is 0. The Balaban J connectivity index is 0.00000200. The molecule has 0 aromatic carbocycles. The van der Waals surface area contributed by atoms with E-state index in [2.05, 4.69) is 28.2 Å². The van der Waals surface area contributed by atoms with Crippen LogP contribution in [0.5, 0.6) is 0 Å². The van der Waals surface area contributed by atoms with Gasteiger partial charge in [-0.05, 0) is 39.8 Å². The number of aromatic nitrogens is 1. The number of rotatable bonds is 4. The second-order valence-electron chi connectivity index (χ2n) is 5.03. The molecule has 2 rings (SSSR count). The zero-order valence-electron chi connectivity index (χ0n) is 12.5. The van der Waals surface area contributed by atoms with E-state index in [-0.39, 0.29) is 18.3 Å². The molecule has 0 radical (unpaired) electrons. The number of aryl methyl sites for hydroxylation is 1. The average Bonchev–Trinajstić information content (AvgIpc) is 2.72. The van der Waals surface area contributed by atoms with Crippen LogP contribution < -0.4 is 10.6 Å². The molecule has 0 bridgehead atoms. The van der Waals surface area contributed by atoms with Gasteiger partial charge in [-0.1, -0.05) is 11.6 Å². The maximum Gasteiger partial charge on any atom is 0.253 e. The van der Waals surface area contributed by atoms with Crippen LogP contribution in [0.4, 0.5) is 0 Å². The van der Waals surface area contributed by atoms with Crippen molar-refractivity contribution in [2.45, 2.75) is 33.7 Å². The summed E-state index contributed by atoms with van der Waals surface area (Å²) in [6.07, 6.45) is 3.19. The summed E-state index contributed by atoms with van der Waals surface area (Å²) in [7, 11) is 0. The van der Waals surface area contributed by atoms with E-state index in [9.17, 15) is 4.79 Å². The van der Waals surface area contributed by atoms with Gasteiger partial charge in [0.15, 0.2) is 0 Å². The fraction of sp³-hybridized carbons (Fsp3) is 0.533. The third-order valence-electron chi connectivity index (χ3n) is 3.77. The van der Waals surface area contributed by atoms with Crippen molar-refractivity contribution in [3.05, 3.63) is 34.7 Å². The Morgan fingerprint density at radius 3 is 2.75 bits per heavy atom. The summed E-state index contributed by atoms with van der Waals surface area (Å²) in [6, 6.07) is 1.98. The lowest BCUT2D eigenvalue weighted by molar-refractivity contribution is 0.0956. The quantitative estimate of drug-likeness (QED) is 0.837. The minimum atomic E-state index is 0. The van der Waals surface area contributed by atoms with Crippen molar-refractivity contribution >= 4 is 18.3 Å². The first-order valence-corrected chi connectivity index (χ1v) is 6.97. The summed E-state index contributed by atoms with van der Waals surface area (Å²) in [5.41, 5.74) is 4.31. The highest BCUT2D eigenvalue weighted by atomic mass is 35.5.